The van der Waals surface area contributed by atoms with Crippen molar-refractivity contribution in [3.05, 3.63) is 70.8 Å². The second-order valence-corrected chi connectivity index (χ2v) is 8.61. The molecular weight excluding hydrogens is 408 g/mol. The van der Waals surface area contributed by atoms with E-state index in [-0.39, 0.29) is 0 Å². The summed E-state index contributed by atoms with van der Waals surface area (Å²) in [7, 11) is 0. The summed E-state index contributed by atoms with van der Waals surface area (Å²) in [5.74, 6) is 0. The first-order valence-electron chi connectivity index (χ1n) is 11.7. The predicted octanol–water partition coefficient (Wildman–Crippen LogP) is 3.84. The molecule has 2 aromatic rings. The molecule has 32 heavy (non-hydrogen) atoms. The van der Waals surface area contributed by atoms with Gasteiger partial charge < -0.3 is 29.2 Å². The number of hydrogen-bond acceptors (Lipinski definition) is 6. The Morgan fingerprint density at radius 2 is 1.50 bits per heavy atom. The first kappa shape index (κ1) is 23.4. The van der Waals surface area contributed by atoms with E-state index >= 15 is 0 Å². The van der Waals surface area contributed by atoms with Crippen LogP contribution in [0.4, 0.5) is 0 Å². The van der Waals surface area contributed by atoms with Crippen LogP contribution in [-0.4, -0.2) is 47.8 Å². The van der Waals surface area contributed by atoms with Crippen LogP contribution in [0.1, 0.15) is 61.5 Å². The molecule has 6 nitrogen and oxygen atoms in total. The van der Waals surface area contributed by atoms with Crippen LogP contribution in [0.2, 0.25) is 0 Å². The maximum atomic E-state index is 10.5. The first-order chi connectivity index (χ1) is 15.6. The van der Waals surface area contributed by atoms with Gasteiger partial charge in [-0.1, -0.05) is 75.2 Å². The van der Waals surface area contributed by atoms with Gasteiger partial charge in [0.15, 0.2) is 12.6 Å². The van der Waals surface area contributed by atoms with Crippen LogP contribution in [0.15, 0.2) is 48.5 Å². The number of aliphatic hydroxyl groups excluding tert-OH is 2. The van der Waals surface area contributed by atoms with Crippen LogP contribution in [0.3, 0.4) is 0 Å². The maximum Gasteiger partial charge on any atom is 0.184 e. The Morgan fingerprint density at radius 1 is 0.875 bits per heavy atom. The molecule has 0 radical (unpaired) electrons. The van der Waals surface area contributed by atoms with E-state index in [0.717, 1.165) is 36.8 Å². The highest BCUT2D eigenvalue weighted by molar-refractivity contribution is 5.26. The Hall–Kier alpha value is -1.80. The molecule has 6 atom stereocenters. The Kier molecular flexibility index (Phi) is 7.94. The van der Waals surface area contributed by atoms with Gasteiger partial charge in [0.05, 0.1) is 13.2 Å². The summed E-state index contributed by atoms with van der Waals surface area (Å²) in [6, 6.07) is 16.3. The van der Waals surface area contributed by atoms with Crippen LogP contribution >= 0.6 is 0 Å². The number of hydrogen-bond donors (Lipinski definition) is 2. The highest BCUT2D eigenvalue weighted by Gasteiger charge is 2.48. The molecule has 2 N–H and O–H groups in total. The van der Waals surface area contributed by atoms with Crippen molar-refractivity contribution in [3.8, 4) is 0 Å². The van der Waals surface area contributed by atoms with Crippen molar-refractivity contribution >= 4 is 0 Å². The smallest absolute Gasteiger partial charge is 0.184 e. The minimum absolute atomic E-state index is 0.316. The summed E-state index contributed by atoms with van der Waals surface area (Å²) in [6.45, 7) is 4.19. The van der Waals surface area contributed by atoms with Crippen molar-refractivity contribution in [1.29, 1.82) is 0 Å². The van der Waals surface area contributed by atoms with Crippen molar-refractivity contribution in [3.63, 3.8) is 0 Å². The molecule has 2 heterocycles. The van der Waals surface area contributed by atoms with E-state index < -0.39 is 43.6 Å². The maximum absolute atomic E-state index is 10.5. The summed E-state index contributed by atoms with van der Waals surface area (Å²) in [6.07, 6.45) is 0.0632. The van der Waals surface area contributed by atoms with Crippen molar-refractivity contribution in [2.45, 2.75) is 76.5 Å². The highest BCUT2D eigenvalue weighted by atomic mass is 16.8. The Bertz CT molecular complexity index is 869. The molecule has 2 unspecified atom stereocenters. The monoisotopic (exact) mass is 442 g/mol. The fourth-order valence-electron chi connectivity index (χ4n) is 4.48. The van der Waals surface area contributed by atoms with Crippen molar-refractivity contribution < 1.29 is 29.2 Å². The van der Waals surface area contributed by atoms with Gasteiger partial charge in [-0.2, -0.15) is 0 Å². The lowest BCUT2D eigenvalue weighted by molar-refractivity contribution is -0.373. The third-order valence-corrected chi connectivity index (χ3v) is 6.05. The van der Waals surface area contributed by atoms with Gasteiger partial charge in [-0.05, 0) is 24.0 Å². The fourth-order valence-corrected chi connectivity index (χ4v) is 4.48. The van der Waals surface area contributed by atoms with E-state index in [9.17, 15) is 10.2 Å². The molecule has 2 aliphatic rings. The van der Waals surface area contributed by atoms with Gasteiger partial charge in [0.25, 0.3) is 0 Å². The zero-order valence-corrected chi connectivity index (χ0v) is 18.9. The van der Waals surface area contributed by atoms with E-state index in [1.54, 1.807) is 0 Å². The molecule has 2 saturated heterocycles. The Morgan fingerprint density at radius 3 is 2.09 bits per heavy atom. The van der Waals surface area contributed by atoms with E-state index in [0.29, 0.717) is 6.61 Å². The Labute approximate surface area is 190 Å². The SMILES string of the molecule is CCCc1cccc(C2OC[C@@H]3OC(c4cccc(CCC)c4)O[C@H]([C@H](O)CO)[C@@H]3O2)c1. The molecule has 174 valence electrons. The standard InChI is InChI=1S/C26H34O6/c1-3-7-17-9-5-11-19(13-17)25-29-16-22-24(32-25)23(21(28)15-27)31-26(30-22)20-12-6-10-18(14-20)8-4-2/h5-6,9-14,21-28H,3-4,7-8,15-16H2,1-2H3/t21-,22+,23-,24-,25?,26?/m1/s1. The lowest BCUT2D eigenvalue weighted by atomic mass is 9.98. The number of fused-ring (bicyclic) bond motifs is 1. The average molecular weight is 443 g/mol. The number of aliphatic hydroxyl groups is 2. The number of ether oxygens (including phenoxy) is 4. The molecule has 0 bridgehead atoms. The second kappa shape index (κ2) is 10.9. The summed E-state index contributed by atoms with van der Waals surface area (Å²) in [5, 5.41) is 20.2. The molecule has 6 heteroatoms. The normalized spacial score (nSPS) is 28.8. The van der Waals surface area contributed by atoms with E-state index in [1.165, 1.54) is 11.1 Å². The lowest BCUT2D eigenvalue weighted by Crippen LogP contribution is -2.58. The Balaban J connectivity index is 1.53. The number of benzene rings is 2. The van der Waals surface area contributed by atoms with Gasteiger partial charge in [0, 0.05) is 11.1 Å². The fraction of sp³-hybridized carbons (Fsp3) is 0.538. The summed E-state index contributed by atoms with van der Waals surface area (Å²) < 4.78 is 24.7. The molecule has 0 spiro atoms. The topological polar surface area (TPSA) is 77.4 Å². The zero-order chi connectivity index (χ0) is 22.5. The van der Waals surface area contributed by atoms with Gasteiger partial charge in [-0.15, -0.1) is 0 Å². The zero-order valence-electron chi connectivity index (χ0n) is 18.9. The molecule has 4 rings (SSSR count). The molecule has 0 aliphatic carbocycles. The van der Waals surface area contributed by atoms with E-state index in [4.69, 9.17) is 18.9 Å². The van der Waals surface area contributed by atoms with Gasteiger partial charge >= 0.3 is 0 Å². The minimum atomic E-state index is -1.09. The predicted molar refractivity (Wildman–Crippen MR) is 120 cm³/mol. The van der Waals surface area contributed by atoms with Gasteiger partial charge in [-0.25, -0.2) is 0 Å². The molecule has 2 aliphatic heterocycles. The minimum Gasteiger partial charge on any atom is -0.394 e. The summed E-state index contributed by atoms with van der Waals surface area (Å²) in [4.78, 5) is 0. The average Bonchev–Trinajstić information content (AvgIpc) is 2.83. The van der Waals surface area contributed by atoms with Crippen LogP contribution < -0.4 is 0 Å². The molecule has 0 aromatic heterocycles. The lowest BCUT2D eigenvalue weighted by Gasteiger charge is -2.47. The first-order valence-corrected chi connectivity index (χ1v) is 11.7. The van der Waals surface area contributed by atoms with Gasteiger partial charge in [0.1, 0.15) is 24.4 Å². The molecule has 2 aromatic carbocycles. The van der Waals surface area contributed by atoms with E-state index in [1.807, 2.05) is 24.3 Å². The largest absolute Gasteiger partial charge is 0.394 e. The summed E-state index contributed by atoms with van der Waals surface area (Å²) >= 11 is 0. The highest BCUT2D eigenvalue weighted by Crippen LogP contribution is 2.39. The molecule has 0 amide bonds. The summed E-state index contributed by atoms with van der Waals surface area (Å²) in [5.41, 5.74) is 4.26. The molecule has 0 saturated carbocycles. The quantitative estimate of drug-likeness (QED) is 0.647. The van der Waals surface area contributed by atoms with Crippen LogP contribution in [-0.2, 0) is 31.8 Å². The van der Waals surface area contributed by atoms with Crippen LogP contribution in [0.25, 0.3) is 0 Å². The van der Waals surface area contributed by atoms with Gasteiger partial charge in [0.2, 0.25) is 0 Å². The number of rotatable bonds is 8. The third-order valence-electron chi connectivity index (χ3n) is 6.05. The second-order valence-electron chi connectivity index (χ2n) is 8.61. The molecular formula is C26H34O6. The van der Waals surface area contributed by atoms with Crippen molar-refractivity contribution in [2.24, 2.45) is 0 Å². The van der Waals surface area contributed by atoms with Crippen LogP contribution in [0.5, 0.6) is 0 Å². The van der Waals surface area contributed by atoms with Gasteiger partial charge in [-0.3, -0.25) is 0 Å². The molecule has 2 fully saturated rings. The van der Waals surface area contributed by atoms with Crippen LogP contribution in [0, 0.1) is 0 Å². The van der Waals surface area contributed by atoms with Crippen molar-refractivity contribution in [1.82, 2.24) is 0 Å². The van der Waals surface area contributed by atoms with E-state index in [2.05, 4.69) is 38.1 Å². The van der Waals surface area contributed by atoms with Crippen molar-refractivity contribution in [2.75, 3.05) is 13.2 Å². The number of aryl methyl sites for hydroxylation is 2. The third kappa shape index (κ3) is 5.22.